The van der Waals surface area contributed by atoms with Crippen molar-refractivity contribution >= 4 is 41.3 Å². The second-order valence-electron chi connectivity index (χ2n) is 6.94. The zero-order chi connectivity index (χ0) is 26.3. The van der Waals surface area contributed by atoms with Gasteiger partial charge in [-0.3, -0.25) is 14.5 Å². The molecule has 35 heavy (non-hydrogen) atoms. The van der Waals surface area contributed by atoms with E-state index < -0.39 is 48.4 Å². The van der Waals surface area contributed by atoms with Crippen LogP contribution in [0.2, 0.25) is 5.15 Å². The van der Waals surface area contributed by atoms with Crippen LogP contribution in [0.15, 0.2) is 23.4 Å². The van der Waals surface area contributed by atoms with Crippen LogP contribution in [0.5, 0.6) is 5.88 Å². The van der Waals surface area contributed by atoms with E-state index in [1.807, 2.05) is 0 Å². The lowest BCUT2D eigenvalue weighted by Gasteiger charge is -2.21. The number of nitrogens with zero attached hydrogens (tertiary/aromatic N) is 5. The maximum absolute atomic E-state index is 14.9. The van der Waals surface area contributed by atoms with Crippen molar-refractivity contribution in [1.82, 2.24) is 14.9 Å². The number of carbonyl (C=O) groups excluding carboxylic acids is 2. The van der Waals surface area contributed by atoms with Crippen molar-refractivity contribution in [3.05, 3.63) is 40.4 Å². The van der Waals surface area contributed by atoms with Crippen LogP contribution < -0.4 is 15.1 Å². The zero-order valence-electron chi connectivity index (χ0n) is 18.7. The van der Waals surface area contributed by atoms with Crippen molar-refractivity contribution in [3.8, 4) is 5.88 Å². The number of aryl methyl sites for hydroxylation is 1. The van der Waals surface area contributed by atoms with Crippen LogP contribution in [0.3, 0.4) is 0 Å². The number of rotatable bonds is 9. The smallest absolute Gasteiger partial charge is 0.422 e. The van der Waals surface area contributed by atoms with E-state index in [0.29, 0.717) is 18.0 Å². The highest BCUT2D eigenvalue weighted by Crippen LogP contribution is 2.28. The molecule has 0 aliphatic heterocycles. The van der Waals surface area contributed by atoms with Crippen LogP contribution in [0.1, 0.15) is 22.8 Å². The topological polar surface area (TPSA) is 120 Å². The molecule has 0 aliphatic rings. The molecule has 2 aromatic rings. The van der Waals surface area contributed by atoms with Crippen molar-refractivity contribution in [1.29, 1.82) is 0 Å². The fourth-order valence-electron chi connectivity index (χ4n) is 2.66. The molecule has 2 heterocycles. The van der Waals surface area contributed by atoms with Gasteiger partial charge in [-0.15, -0.1) is 0 Å². The predicted octanol–water partition coefficient (Wildman–Crippen LogP) is 2.99. The molecule has 0 saturated carbocycles. The lowest BCUT2D eigenvalue weighted by atomic mass is 10.2. The maximum Gasteiger partial charge on any atom is 0.422 e. The predicted molar refractivity (Wildman–Crippen MR) is 119 cm³/mol. The number of aliphatic hydroxyl groups is 1. The van der Waals surface area contributed by atoms with E-state index in [4.69, 9.17) is 11.6 Å². The molecule has 2 aromatic heterocycles. The number of aliphatic hydroxyl groups excluding tert-OH is 1. The number of likely N-dealkylation sites (N-methyl/N-ethyl adjacent to an activating group) is 1. The molecule has 0 bridgehead atoms. The first-order valence-corrected chi connectivity index (χ1v) is 10.3. The molecule has 0 aromatic carbocycles. The van der Waals surface area contributed by atoms with Crippen molar-refractivity contribution in [2.75, 3.05) is 37.1 Å². The van der Waals surface area contributed by atoms with Gasteiger partial charge in [-0.2, -0.15) is 23.3 Å². The van der Waals surface area contributed by atoms with Gasteiger partial charge >= 0.3 is 6.18 Å². The van der Waals surface area contributed by atoms with Gasteiger partial charge in [0.15, 0.2) is 29.2 Å². The third-order valence-electron chi connectivity index (χ3n) is 4.28. The summed E-state index contributed by atoms with van der Waals surface area (Å²) < 4.78 is 57.9. The quantitative estimate of drug-likeness (QED) is 0.130. The summed E-state index contributed by atoms with van der Waals surface area (Å²) in [6.07, 6.45) is -2.98. The van der Waals surface area contributed by atoms with E-state index in [1.54, 1.807) is 13.8 Å². The van der Waals surface area contributed by atoms with Gasteiger partial charge < -0.3 is 15.2 Å². The Kier molecular flexibility index (Phi) is 9.31. The minimum Gasteiger partial charge on any atom is -0.467 e. The number of carbonyl (C=O) groups is 2. The largest absolute Gasteiger partial charge is 0.467 e. The van der Waals surface area contributed by atoms with Crippen LogP contribution >= 0.6 is 11.6 Å². The summed E-state index contributed by atoms with van der Waals surface area (Å²) in [4.78, 5) is 32.4. The molecule has 10 nitrogen and oxygen atoms in total. The van der Waals surface area contributed by atoms with Crippen LogP contribution in [-0.4, -0.2) is 71.1 Å². The van der Waals surface area contributed by atoms with Gasteiger partial charge in [0.25, 0.3) is 5.91 Å². The number of halogens is 5. The van der Waals surface area contributed by atoms with E-state index in [2.05, 4.69) is 25.1 Å². The SMILES string of the molecule is CCN(C=O)/C(CO)=N\N(C)c1nc(OCC(F)(F)F)c(C(=O)Nc2cc(C)cnc2Cl)cc1F. The molecule has 15 heteroatoms. The summed E-state index contributed by atoms with van der Waals surface area (Å²) in [5.41, 5.74) is -0.00446. The fraction of sp³-hybridized carbons (Fsp3) is 0.350. The summed E-state index contributed by atoms with van der Waals surface area (Å²) in [6, 6.07) is 2.06. The van der Waals surface area contributed by atoms with Crippen molar-refractivity contribution in [3.63, 3.8) is 0 Å². The van der Waals surface area contributed by atoms with E-state index >= 15 is 0 Å². The second-order valence-corrected chi connectivity index (χ2v) is 7.30. The number of hydrogen-bond acceptors (Lipinski definition) is 8. The summed E-state index contributed by atoms with van der Waals surface area (Å²) in [6.45, 7) is 0.852. The van der Waals surface area contributed by atoms with Gasteiger partial charge in [0.1, 0.15) is 12.2 Å². The van der Waals surface area contributed by atoms with Crippen molar-refractivity contribution in [2.45, 2.75) is 20.0 Å². The Morgan fingerprint density at radius 3 is 2.63 bits per heavy atom. The van der Waals surface area contributed by atoms with E-state index in [0.717, 1.165) is 9.91 Å². The highest BCUT2D eigenvalue weighted by molar-refractivity contribution is 6.32. The van der Waals surface area contributed by atoms with Crippen molar-refractivity contribution < 1.29 is 37.0 Å². The number of ether oxygens (including phenoxy) is 1. The van der Waals surface area contributed by atoms with Crippen molar-refractivity contribution in [2.24, 2.45) is 5.10 Å². The van der Waals surface area contributed by atoms with Gasteiger partial charge in [-0.05, 0) is 31.5 Å². The second kappa shape index (κ2) is 11.8. The number of aromatic nitrogens is 2. The van der Waals surface area contributed by atoms with E-state index in [-0.39, 0.29) is 23.2 Å². The Labute approximate surface area is 202 Å². The first-order chi connectivity index (χ1) is 16.4. The molecule has 0 spiro atoms. The first-order valence-electron chi connectivity index (χ1n) is 9.87. The zero-order valence-corrected chi connectivity index (χ0v) is 19.5. The Morgan fingerprint density at radius 1 is 1.37 bits per heavy atom. The standard InChI is InChI=1S/C20H21ClF4N6O4/c1-4-31(10-33)15(8-32)29-30(3)17-13(22)6-12(19(28-17)35-9-20(23,24)25)18(34)27-14-5-11(2)7-26-16(14)21/h5-7,10,32H,4,8-9H2,1-3H3,(H,27,34)/b29-15-. The summed E-state index contributed by atoms with van der Waals surface area (Å²) >= 11 is 5.93. The number of hydrazone groups is 1. The van der Waals surface area contributed by atoms with Crippen LogP contribution in [-0.2, 0) is 4.79 Å². The minimum atomic E-state index is -4.78. The Morgan fingerprint density at radius 2 is 2.06 bits per heavy atom. The molecule has 2 rings (SSSR count). The number of nitrogens with one attached hydrogen (secondary N) is 1. The van der Waals surface area contributed by atoms with Crippen LogP contribution in [0, 0.1) is 12.7 Å². The highest BCUT2D eigenvalue weighted by atomic mass is 35.5. The third kappa shape index (κ3) is 7.48. The average Bonchev–Trinajstić information content (AvgIpc) is 2.79. The number of hydrogen-bond donors (Lipinski definition) is 2. The normalized spacial score (nSPS) is 11.7. The molecule has 0 aliphatic carbocycles. The number of amides is 2. The number of pyridine rings is 2. The lowest BCUT2D eigenvalue weighted by Crippen LogP contribution is -2.34. The molecular weight excluding hydrogens is 500 g/mol. The molecule has 2 amide bonds. The highest BCUT2D eigenvalue weighted by Gasteiger charge is 2.31. The van der Waals surface area contributed by atoms with Gasteiger partial charge in [0.05, 0.1) is 5.69 Å². The molecule has 0 atom stereocenters. The minimum absolute atomic E-state index is 0.0331. The summed E-state index contributed by atoms with van der Waals surface area (Å²) in [5, 5.41) is 16.3. The lowest BCUT2D eigenvalue weighted by molar-refractivity contribution is -0.154. The molecule has 2 N–H and O–H groups in total. The molecular formula is C20H21ClF4N6O4. The van der Waals surface area contributed by atoms with Gasteiger partial charge in [-0.1, -0.05) is 11.6 Å². The Balaban J connectivity index is 2.51. The first kappa shape index (κ1) is 27.7. The van der Waals surface area contributed by atoms with Gasteiger partial charge in [0, 0.05) is 19.8 Å². The molecule has 190 valence electrons. The number of alkyl halides is 3. The summed E-state index contributed by atoms with van der Waals surface area (Å²) in [7, 11) is 1.17. The Bertz CT molecular complexity index is 1120. The van der Waals surface area contributed by atoms with Gasteiger partial charge in [-0.25, -0.2) is 14.4 Å². The van der Waals surface area contributed by atoms with Gasteiger partial charge in [0.2, 0.25) is 12.3 Å². The monoisotopic (exact) mass is 520 g/mol. The van der Waals surface area contributed by atoms with Crippen LogP contribution in [0.25, 0.3) is 0 Å². The molecule has 0 radical (unpaired) electrons. The Hall–Kier alpha value is -3.52. The van der Waals surface area contributed by atoms with E-state index in [1.165, 1.54) is 19.3 Å². The molecule has 0 fully saturated rings. The fourth-order valence-corrected chi connectivity index (χ4v) is 2.81. The summed E-state index contributed by atoms with van der Waals surface area (Å²) in [5.74, 6) is -3.88. The molecule has 0 saturated heterocycles. The average molecular weight is 521 g/mol. The van der Waals surface area contributed by atoms with Crippen LogP contribution in [0.4, 0.5) is 29.1 Å². The molecule has 0 unspecified atom stereocenters. The third-order valence-corrected chi connectivity index (χ3v) is 4.58. The van der Waals surface area contributed by atoms with E-state index in [9.17, 15) is 32.3 Å². The maximum atomic E-state index is 14.9. The number of anilines is 2. The number of amidine groups is 1.